The van der Waals surface area contributed by atoms with Gasteiger partial charge in [0.1, 0.15) is 47.5 Å². The van der Waals surface area contributed by atoms with Crippen molar-refractivity contribution in [2.75, 3.05) is 13.2 Å². The molecule has 2 aliphatic heterocycles. The first-order valence-electron chi connectivity index (χ1n) is 15.7. The molecule has 10 atom stereocenters. The van der Waals surface area contributed by atoms with Crippen molar-refractivity contribution in [3.05, 3.63) is 70.8 Å². The molecule has 2 aromatic rings. The summed E-state index contributed by atoms with van der Waals surface area (Å²) in [6.07, 6.45) is -8.47. The second-order valence-corrected chi connectivity index (χ2v) is 15.4. The molecule has 0 unspecified atom stereocenters. The maximum atomic E-state index is 13.2. The molecule has 2 amide bonds. The lowest BCUT2D eigenvalue weighted by molar-refractivity contribution is -0.175. The molecule has 2 aromatic carbocycles. The molecule has 4 rings (SSSR count). The number of rotatable bonds is 8. The molecule has 2 heterocycles. The highest BCUT2D eigenvalue weighted by Gasteiger charge is 2.50. The van der Waals surface area contributed by atoms with Gasteiger partial charge in [-0.25, -0.2) is 0 Å². The molecule has 8 N–H and O–H groups in total. The van der Waals surface area contributed by atoms with Crippen molar-refractivity contribution in [1.29, 1.82) is 0 Å². The fourth-order valence-electron chi connectivity index (χ4n) is 5.59. The number of hydrogen-bond acceptors (Lipinski definition) is 11. The van der Waals surface area contributed by atoms with Crippen molar-refractivity contribution >= 4 is 23.6 Å². The number of thioether (sulfide) groups is 1. The summed E-state index contributed by atoms with van der Waals surface area (Å²) in [6, 6.07) is 11.3. The normalized spacial score (nSPS) is 31.7. The first kappa shape index (κ1) is 37.2. The standard InChI is InChI=1S/C34H48N2O10S/c1-33(2,3)19-11-7-17(8-12-19)29(43)35-23-25(39)21(15-37)45-31(27(23)41)47-32-28(42)24(26(40)22(16-38)46-32)36-30(44)18-9-13-20(14-10-18)34(4,5)6/h7-14,21-28,31-32,37-42H,15-16H2,1-6H3,(H,35,43)(H,36,44)/t21-,22-,23-,24-,25+,26+,27-,28-,31+,32+/m1/s1. The Kier molecular flexibility index (Phi) is 11.8. The van der Waals surface area contributed by atoms with Crippen LogP contribution in [0.2, 0.25) is 0 Å². The third kappa shape index (κ3) is 8.53. The molecule has 47 heavy (non-hydrogen) atoms. The summed E-state index contributed by atoms with van der Waals surface area (Å²) >= 11 is 0.771. The smallest absolute Gasteiger partial charge is 0.251 e. The molecule has 0 aliphatic carbocycles. The predicted molar refractivity (Wildman–Crippen MR) is 176 cm³/mol. The summed E-state index contributed by atoms with van der Waals surface area (Å²) in [7, 11) is 0. The summed E-state index contributed by atoms with van der Waals surface area (Å²) in [5, 5.41) is 69.5. The summed E-state index contributed by atoms with van der Waals surface area (Å²) in [4.78, 5) is 26.3. The van der Waals surface area contributed by atoms with Gasteiger partial charge < -0.3 is 50.7 Å². The Morgan fingerprint density at radius 1 is 0.617 bits per heavy atom. The molecule has 2 fully saturated rings. The van der Waals surface area contributed by atoms with Crippen LogP contribution in [0.1, 0.15) is 73.4 Å². The van der Waals surface area contributed by atoms with Gasteiger partial charge in [-0.2, -0.15) is 0 Å². The maximum Gasteiger partial charge on any atom is 0.251 e. The van der Waals surface area contributed by atoms with Crippen LogP contribution < -0.4 is 10.6 Å². The van der Waals surface area contributed by atoms with Crippen LogP contribution >= 0.6 is 11.8 Å². The highest BCUT2D eigenvalue weighted by Crippen LogP contribution is 2.37. The topological polar surface area (TPSA) is 198 Å². The van der Waals surface area contributed by atoms with E-state index in [2.05, 4.69) is 10.6 Å². The molecule has 0 radical (unpaired) electrons. The average Bonchev–Trinajstić information content (AvgIpc) is 3.02. The van der Waals surface area contributed by atoms with Crippen molar-refractivity contribution in [1.82, 2.24) is 10.6 Å². The van der Waals surface area contributed by atoms with Gasteiger partial charge in [0.05, 0.1) is 25.3 Å². The lowest BCUT2D eigenvalue weighted by atomic mass is 9.86. The number of carbonyl (C=O) groups excluding carboxylic acids is 2. The number of carbonyl (C=O) groups is 2. The van der Waals surface area contributed by atoms with E-state index < -0.39 is 84.6 Å². The molecule has 13 heteroatoms. The summed E-state index contributed by atoms with van der Waals surface area (Å²) < 4.78 is 11.5. The van der Waals surface area contributed by atoms with Crippen LogP contribution in [0.25, 0.3) is 0 Å². The molecule has 0 spiro atoms. The van der Waals surface area contributed by atoms with Crippen LogP contribution in [0.4, 0.5) is 0 Å². The Morgan fingerprint density at radius 3 is 1.21 bits per heavy atom. The number of nitrogens with one attached hydrogen (secondary N) is 2. The summed E-state index contributed by atoms with van der Waals surface area (Å²) in [6.45, 7) is 11.0. The van der Waals surface area contributed by atoms with Gasteiger partial charge in [0.25, 0.3) is 11.8 Å². The Morgan fingerprint density at radius 2 is 0.936 bits per heavy atom. The van der Waals surface area contributed by atoms with Gasteiger partial charge in [-0.15, -0.1) is 0 Å². The fraction of sp³-hybridized carbons (Fsp3) is 0.588. The lowest BCUT2D eigenvalue weighted by Gasteiger charge is -2.46. The highest BCUT2D eigenvalue weighted by molar-refractivity contribution is 8.00. The van der Waals surface area contributed by atoms with Crippen LogP contribution in [-0.4, -0.2) is 115 Å². The Bertz CT molecular complexity index is 1260. The molecule has 260 valence electrons. The number of benzene rings is 2. The van der Waals surface area contributed by atoms with E-state index in [9.17, 15) is 40.2 Å². The van der Waals surface area contributed by atoms with Gasteiger partial charge in [0.2, 0.25) is 0 Å². The zero-order valence-corrected chi connectivity index (χ0v) is 28.3. The minimum Gasteiger partial charge on any atom is -0.394 e. The number of ether oxygens (including phenoxy) is 2. The van der Waals surface area contributed by atoms with Crippen molar-refractivity contribution in [2.24, 2.45) is 0 Å². The second-order valence-electron chi connectivity index (χ2n) is 14.2. The van der Waals surface area contributed by atoms with E-state index >= 15 is 0 Å². The van der Waals surface area contributed by atoms with Crippen LogP contribution in [0.3, 0.4) is 0 Å². The van der Waals surface area contributed by atoms with Crippen LogP contribution in [0.15, 0.2) is 48.5 Å². The molecule has 0 bridgehead atoms. The molecular formula is C34H48N2O10S. The number of aliphatic hydroxyl groups is 6. The predicted octanol–water partition coefficient (Wildman–Crippen LogP) is 0.790. The number of hydrogen-bond donors (Lipinski definition) is 8. The maximum absolute atomic E-state index is 13.2. The molecule has 2 saturated heterocycles. The quantitative estimate of drug-likeness (QED) is 0.197. The van der Waals surface area contributed by atoms with Gasteiger partial charge >= 0.3 is 0 Å². The molecule has 0 aromatic heterocycles. The lowest BCUT2D eigenvalue weighted by Crippen LogP contribution is -2.66. The van der Waals surface area contributed by atoms with E-state index in [0.717, 1.165) is 22.9 Å². The first-order valence-corrected chi connectivity index (χ1v) is 16.6. The highest BCUT2D eigenvalue weighted by atomic mass is 32.2. The number of aliphatic hydroxyl groups excluding tert-OH is 6. The third-order valence-corrected chi connectivity index (χ3v) is 9.98. The molecule has 0 saturated carbocycles. The summed E-state index contributed by atoms with van der Waals surface area (Å²) in [5.41, 5.74) is -0.130. The van der Waals surface area contributed by atoms with Crippen molar-refractivity contribution in [3.8, 4) is 0 Å². The Balaban J connectivity index is 1.49. The fourth-order valence-corrected chi connectivity index (χ4v) is 6.92. The largest absolute Gasteiger partial charge is 0.394 e. The SMILES string of the molecule is CC(C)(C)c1ccc(C(=O)N[C@@H]2[C@@H](O)[C@@H](CO)O[C@@H](S[C@@H]3O[C@H](CO)[C@H](O)[C@@H](NC(=O)c4ccc(C(C)(C)C)cc4)[C@H]3O)[C@@H]2O)cc1. The monoisotopic (exact) mass is 676 g/mol. The van der Waals surface area contributed by atoms with Crippen LogP contribution in [0.5, 0.6) is 0 Å². The number of amides is 2. The van der Waals surface area contributed by atoms with E-state index in [1.807, 2.05) is 65.8 Å². The van der Waals surface area contributed by atoms with Gasteiger partial charge in [-0.05, 0) is 46.2 Å². The van der Waals surface area contributed by atoms with E-state index in [0.29, 0.717) is 11.1 Å². The average molecular weight is 677 g/mol. The van der Waals surface area contributed by atoms with Gasteiger partial charge in [-0.3, -0.25) is 9.59 Å². The Labute approximate surface area is 279 Å². The van der Waals surface area contributed by atoms with Gasteiger partial charge in [0, 0.05) is 11.1 Å². The molecular weight excluding hydrogens is 628 g/mol. The third-order valence-electron chi connectivity index (χ3n) is 8.66. The van der Waals surface area contributed by atoms with Gasteiger partial charge in [-0.1, -0.05) is 77.6 Å². The van der Waals surface area contributed by atoms with Crippen molar-refractivity contribution in [2.45, 2.75) is 112 Å². The minimum atomic E-state index is -1.54. The summed E-state index contributed by atoms with van der Waals surface area (Å²) in [5.74, 6) is -1.13. The second kappa shape index (κ2) is 14.9. The van der Waals surface area contributed by atoms with Crippen LogP contribution in [-0.2, 0) is 20.3 Å². The Hall–Kier alpha value is -2.59. The van der Waals surface area contributed by atoms with Crippen molar-refractivity contribution in [3.63, 3.8) is 0 Å². The van der Waals surface area contributed by atoms with E-state index in [1.54, 1.807) is 24.3 Å². The van der Waals surface area contributed by atoms with E-state index in [4.69, 9.17) is 9.47 Å². The van der Waals surface area contributed by atoms with E-state index in [1.165, 1.54) is 0 Å². The van der Waals surface area contributed by atoms with Crippen LogP contribution in [0, 0.1) is 0 Å². The molecule has 2 aliphatic rings. The minimum absolute atomic E-state index is 0.128. The zero-order chi connectivity index (χ0) is 34.8. The van der Waals surface area contributed by atoms with Crippen molar-refractivity contribution < 1.29 is 49.7 Å². The van der Waals surface area contributed by atoms with Gasteiger partial charge in [0.15, 0.2) is 0 Å². The molecule has 12 nitrogen and oxygen atoms in total. The zero-order valence-electron chi connectivity index (χ0n) is 27.5. The first-order chi connectivity index (χ1) is 22.0. The van der Waals surface area contributed by atoms with E-state index in [-0.39, 0.29) is 10.8 Å².